The summed E-state index contributed by atoms with van der Waals surface area (Å²) in [6.45, 7) is 2.29. The number of aliphatic hydroxyl groups is 1. The lowest BCUT2D eigenvalue weighted by Gasteiger charge is -2.16. The number of amides is 1. The maximum Gasteiger partial charge on any atom is 0.252 e. The average molecular weight is 325 g/mol. The normalized spacial score (nSPS) is 15.3. The van der Waals surface area contributed by atoms with E-state index in [1.54, 1.807) is 12.3 Å². The standard InChI is InChI=1S/C19H23N3O2/c23-17(12-15-6-2-1-3-7-15)14-21-19(24)16-8-9-18(20-13-16)22-10-4-5-11-22/h1-3,6-9,13,17,23H,4-5,10-12,14H2,(H,21,24). The van der Waals surface area contributed by atoms with Crippen molar-refractivity contribution in [1.29, 1.82) is 0 Å². The number of carbonyl (C=O) groups excluding carboxylic acids is 1. The molecule has 24 heavy (non-hydrogen) atoms. The molecule has 3 rings (SSSR count). The highest BCUT2D eigenvalue weighted by molar-refractivity contribution is 5.94. The van der Waals surface area contributed by atoms with Gasteiger partial charge in [0.2, 0.25) is 0 Å². The number of rotatable bonds is 6. The van der Waals surface area contributed by atoms with Crippen molar-refractivity contribution < 1.29 is 9.90 Å². The van der Waals surface area contributed by atoms with Crippen LogP contribution >= 0.6 is 0 Å². The molecule has 2 N–H and O–H groups in total. The second-order valence-electron chi connectivity index (χ2n) is 6.15. The summed E-state index contributed by atoms with van der Waals surface area (Å²) in [5.74, 6) is 0.718. The van der Waals surface area contributed by atoms with Gasteiger partial charge in [-0.25, -0.2) is 4.98 Å². The molecule has 1 saturated heterocycles. The van der Waals surface area contributed by atoms with Crippen LogP contribution in [0.25, 0.3) is 0 Å². The SMILES string of the molecule is O=C(NCC(O)Cc1ccccc1)c1ccc(N2CCCC2)nc1. The molecular formula is C19H23N3O2. The van der Waals surface area contributed by atoms with Crippen molar-refractivity contribution in [2.24, 2.45) is 0 Å². The number of pyridine rings is 1. The van der Waals surface area contributed by atoms with E-state index < -0.39 is 6.10 Å². The zero-order chi connectivity index (χ0) is 16.8. The van der Waals surface area contributed by atoms with Gasteiger partial charge in [0.05, 0.1) is 11.7 Å². The minimum absolute atomic E-state index is 0.206. The first kappa shape index (κ1) is 16.5. The van der Waals surface area contributed by atoms with Gasteiger partial charge in [0.1, 0.15) is 5.82 Å². The molecule has 1 aliphatic heterocycles. The monoisotopic (exact) mass is 325 g/mol. The fraction of sp³-hybridized carbons (Fsp3) is 0.368. The van der Waals surface area contributed by atoms with Gasteiger partial charge in [0, 0.05) is 32.3 Å². The summed E-state index contributed by atoms with van der Waals surface area (Å²) in [6.07, 6.45) is 3.92. The van der Waals surface area contributed by atoms with Crippen molar-refractivity contribution in [3.05, 3.63) is 59.8 Å². The molecule has 1 aromatic heterocycles. The first-order chi connectivity index (χ1) is 11.7. The molecule has 5 nitrogen and oxygen atoms in total. The van der Waals surface area contributed by atoms with Crippen LogP contribution in [0.2, 0.25) is 0 Å². The van der Waals surface area contributed by atoms with Crippen LogP contribution in [0, 0.1) is 0 Å². The van der Waals surface area contributed by atoms with Gasteiger partial charge in [0.25, 0.3) is 5.91 Å². The molecule has 1 fully saturated rings. The molecule has 0 radical (unpaired) electrons. The Morgan fingerprint density at radius 1 is 1.17 bits per heavy atom. The molecule has 0 aliphatic carbocycles. The second-order valence-corrected chi connectivity index (χ2v) is 6.15. The van der Waals surface area contributed by atoms with Gasteiger partial charge in [-0.1, -0.05) is 30.3 Å². The first-order valence-electron chi connectivity index (χ1n) is 8.43. The molecule has 1 atom stereocenters. The Hall–Kier alpha value is -2.40. The lowest BCUT2D eigenvalue weighted by molar-refractivity contribution is 0.0915. The van der Waals surface area contributed by atoms with E-state index in [0.29, 0.717) is 12.0 Å². The Bertz CT molecular complexity index is 652. The number of aromatic nitrogens is 1. The number of benzene rings is 1. The summed E-state index contributed by atoms with van der Waals surface area (Å²) in [4.78, 5) is 18.8. The van der Waals surface area contributed by atoms with Crippen LogP contribution in [0.4, 0.5) is 5.82 Å². The molecule has 2 aromatic rings. The van der Waals surface area contributed by atoms with Gasteiger partial charge < -0.3 is 15.3 Å². The number of hydrogen-bond acceptors (Lipinski definition) is 4. The van der Waals surface area contributed by atoms with Gasteiger partial charge in [-0.2, -0.15) is 0 Å². The van der Waals surface area contributed by atoms with Gasteiger partial charge >= 0.3 is 0 Å². The third kappa shape index (κ3) is 4.32. The summed E-state index contributed by atoms with van der Waals surface area (Å²) in [5, 5.41) is 12.8. The third-order valence-electron chi connectivity index (χ3n) is 4.25. The maximum atomic E-state index is 12.2. The molecule has 0 bridgehead atoms. The molecule has 126 valence electrons. The van der Waals surface area contributed by atoms with Crippen molar-refractivity contribution in [3.63, 3.8) is 0 Å². The largest absolute Gasteiger partial charge is 0.391 e. The van der Waals surface area contributed by atoms with Gasteiger partial charge in [-0.3, -0.25) is 4.79 Å². The molecule has 1 amide bonds. The van der Waals surface area contributed by atoms with E-state index in [1.807, 2.05) is 36.4 Å². The molecule has 5 heteroatoms. The van der Waals surface area contributed by atoms with E-state index >= 15 is 0 Å². The Balaban J connectivity index is 1.49. The van der Waals surface area contributed by atoms with E-state index in [4.69, 9.17) is 0 Å². The maximum absolute atomic E-state index is 12.2. The number of nitrogens with zero attached hydrogens (tertiary/aromatic N) is 2. The predicted molar refractivity (Wildman–Crippen MR) is 94.2 cm³/mol. The van der Waals surface area contributed by atoms with Crippen LogP contribution in [-0.4, -0.2) is 41.7 Å². The topological polar surface area (TPSA) is 65.5 Å². The smallest absolute Gasteiger partial charge is 0.252 e. The summed E-state index contributed by atoms with van der Waals surface area (Å²) in [5.41, 5.74) is 1.57. The van der Waals surface area contributed by atoms with Crippen molar-refractivity contribution in [1.82, 2.24) is 10.3 Å². The molecule has 0 spiro atoms. The minimum atomic E-state index is -0.604. The zero-order valence-electron chi connectivity index (χ0n) is 13.7. The number of anilines is 1. The lowest BCUT2D eigenvalue weighted by atomic mass is 10.1. The number of aliphatic hydroxyl groups excluding tert-OH is 1. The molecule has 0 saturated carbocycles. The average Bonchev–Trinajstić information content (AvgIpc) is 3.15. The predicted octanol–water partition coefficient (Wildman–Crippen LogP) is 2.02. The van der Waals surface area contributed by atoms with Crippen molar-refractivity contribution in [2.75, 3.05) is 24.5 Å². The van der Waals surface area contributed by atoms with Gasteiger partial charge in [0.15, 0.2) is 0 Å². The van der Waals surface area contributed by atoms with Crippen LogP contribution in [0.5, 0.6) is 0 Å². The number of hydrogen-bond donors (Lipinski definition) is 2. The Morgan fingerprint density at radius 2 is 1.92 bits per heavy atom. The van der Waals surface area contributed by atoms with Crippen LogP contribution in [0.15, 0.2) is 48.7 Å². The Morgan fingerprint density at radius 3 is 2.58 bits per heavy atom. The molecule has 2 heterocycles. The van der Waals surface area contributed by atoms with Gasteiger partial charge in [-0.15, -0.1) is 0 Å². The molecule has 1 unspecified atom stereocenters. The van der Waals surface area contributed by atoms with Crippen LogP contribution < -0.4 is 10.2 Å². The van der Waals surface area contributed by atoms with Crippen molar-refractivity contribution in [2.45, 2.75) is 25.4 Å². The summed E-state index contributed by atoms with van der Waals surface area (Å²) in [7, 11) is 0. The third-order valence-corrected chi connectivity index (χ3v) is 4.25. The lowest BCUT2D eigenvalue weighted by Crippen LogP contribution is -2.33. The Kier molecular flexibility index (Phi) is 5.43. The first-order valence-corrected chi connectivity index (χ1v) is 8.43. The number of carbonyl (C=O) groups is 1. The van der Waals surface area contributed by atoms with E-state index in [9.17, 15) is 9.90 Å². The summed E-state index contributed by atoms with van der Waals surface area (Å²) < 4.78 is 0. The molecule has 1 aliphatic rings. The summed E-state index contributed by atoms with van der Waals surface area (Å²) >= 11 is 0. The Labute approximate surface area is 142 Å². The molecule has 1 aromatic carbocycles. The zero-order valence-corrected chi connectivity index (χ0v) is 13.7. The highest BCUT2D eigenvalue weighted by atomic mass is 16.3. The van der Waals surface area contributed by atoms with Crippen LogP contribution in [-0.2, 0) is 6.42 Å². The van der Waals surface area contributed by atoms with E-state index in [0.717, 1.165) is 24.5 Å². The van der Waals surface area contributed by atoms with Gasteiger partial charge in [-0.05, 0) is 30.5 Å². The molecular weight excluding hydrogens is 302 g/mol. The second kappa shape index (κ2) is 7.93. The quantitative estimate of drug-likeness (QED) is 0.853. The van der Waals surface area contributed by atoms with E-state index in [-0.39, 0.29) is 12.5 Å². The van der Waals surface area contributed by atoms with Crippen LogP contribution in [0.1, 0.15) is 28.8 Å². The van der Waals surface area contributed by atoms with Crippen molar-refractivity contribution >= 4 is 11.7 Å². The van der Waals surface area contributed by atoms with Crippen molar-refractivity contribution in [3.8, 4) is 0 Å². The highest BCUT2D eigenvalue weighted by Crippen LogP contribution is 2.17. The highest BCUT2D eigenvalue weighted by Gasteiger charge is 2.14. The van der Waals surface area contributed by atoms with E-state index in [1.165, 1.54) is 12.8 Å². The minimum Gasteiger partial charge on any atom is -0.391 e. The summed E-state index contributed by atoms with van der Waals surface area (Å²) in [6, 6.07) is 13.4. The fourth-order valence-corrected chi connectivity index (χ4v) is 2.92. The fourth-order valence-electron chi connectivity index (χ4n) is 2.92. The van der Waals surface area contributed by atoms with E-state index in [2.05, 4.69) is 15.2 Å². The number of nitrogens with one attached hydrogen (secondary N) is 1. The van der Waals surface area contributed by atoms with Crippen LogP contribution in [0.3, 0.4) is 0 Å².